The quantitative estimate of drug-likeness (QED) is 0.783. The van der Waals surface area contributed by atoms with Gasteiger partial charge in [-0.15, -0.1) is 0 Å². The van der Waals surface area contributed by atoms with Crippen molar-refractivity contribution in [3.8, 4) is 0 Å². The average molecular weight is 330 g/mol. The number of allylic oxidation sites excluding steroid dienone is 3. The highest BCUT2D eigenvalue weighted by atomic mass is 35.5. The minimum absolute atomic E-state index is 0.0801. The average Bonchev–Trinajstić information content (AvgIpc) is 3.02. The Morgan fingerprint density at radius 2 is 2.13 bits per heavy atom. The van der Waals surface area contributed by atoms with Crippen molar-refractivity contribution in [2.75, 3.05) is 13.7 Å². The van der Waals surface area contributed by atoms with E-state index >= 15 is 0 Å². The van der Waals surface area contributed by atoms with Gasteiger partial charge in [0.15, 0.2) is 0 Å². The van der Waals surface area contributed by atoms with Crippen molar-refractivity contribution < 1.29 is 14.3 Å². The first-order valence-corrected chi connectivity index (χ1v) is 7.94. The first-order chi connectivity index (χ1) is 11.2. The van der Waals surface area contributed by atoms with Crippen molar-refractivity contribution in [1.82, 2.24) is 0 Å². The highest BCUT2D eigenvalue weighted by Crippen LogP contribution is 2.55. The van der Waals surface area contributed by atoms with Gasteiger partial charge in [0.2, 0.25) is 0 Å². The number of rotatable bonds is 2. The summed E-state index contributed by atoms with van der Waals surface area (Å²) in [4.78, 5) is 17.6. The van der Waals surface area contributed by atoms with E-state index in [4.69, 9.17) is 26.1 Å². The van der Waals surface area contributed by atoms with Crippen LogP contribution in [0.2, 0.25) is 5.02 Å². The maximum absolute atomic E-state index is 12.7. The summed E-state index contributed by atoms with van der Waals surface area (Å²) in [6.07, 6.45) is 7.26. The third-order valence-electron chi connectivity index (χ3n) is 4.96. The maximum Gasteiger partial charge on any atom is 0.321 e. The van der Waals surface area contributed by atoms with E-state index < -0.39 is 5.41 Å². The Labute approximate surface area is 139 Å². The topological polar surface area (TPSA) is 47.9 Å². The number of esters is 1. The molecule has 4 rings (SSSR count). The lowest BCUT2D eigenvalue weighted by atomic mass is 9.69. The lowest BCUT2D eigenvalue weighted by Gasteiger charge is -2.30. The zero-order valence-corrected chi connectivity index (χ0v) is 13.4. The zero-order valence-electron chi connectivity index (χ0n) is 12.6. The van der Waals surface area contributed by atoms with Crippen molar-refractivity contribution in [2.24, 2.45) is 16.3 Å². The summed E-state index contributed by atoms with van der Waals surface area (Å²) >= 11 is 5.99. The number of ether oxygens (including phenoxy) is 2. The largest absolute Gasteiger partial charge is 0.468 e. The number of nitrogens with zero attached hydrogens (tertiary/aromatic N) is 1. The molecule has 0 saturated carbocycles. The fraction of sp³-hybridized carbons (Fsp3) is 0.333. The van der Waals surface area contributed by atoms with Crippen molar-refractivity contribution in [2.45, 2.75) is 12.1 Å². The van der Waals surface area contributed by atoms with Gasteiger partial charge in [0, 0.05) is 10.9 Å². The summed E-state index contributed by atoms with van der Waals surface area (Å²) in [7, 11) is 1.42. The van der Waals surface area contributed by atoms with Crippen molar-refractivity contribution in [3.63, 3.8) is 0 Å². The molecule has 1 fully saturated rings. The van der Waals surface area contributed by atoms with E-state index in [9.17, 15) is 4.79 Å². The van der Waals surface area contributed by atoms with Crippen LogP contribution in [0.4, 0.5) is 0 Å². The molecule has 4 atom stereocenters. The molecule has 5 heteroatoms. The van der Waals surface area contributed by atoms with Gasteiger partial charge in [-0.05, 0) is 23.8 Å². The molecule has 0 spiro atoms. The fourth-order valence-corrected chi connectivity index (χ4v) is 4.04. The number of benzene rings is 1. The van der Waals surface area contributed by atoms with Crippen LogP contribution in [0.1, 0.15) is 11.6 Å². The Bertz CT molecular complexity index is 737. The molecule has 1 aromatic rings. The maximum atomic E-state index is 12.7. The normalized spacial score (nSPS) is 34.0. The predicted octanol–water partition coefficient (Wildman–Crippen LogP) is 3.14. The standard InChI is InChI=1S/C18H16ClNO3/c1-22-17(21)18-13-10-23-15(18)5-3-2-4-14(18)20-16(13)11-6-8-12(19)9-7-11/h2-9,13,15-16H,10H2,1H3/t13-,15?,16+,18+/m1/s1. The van der Waals surface area contributed by atoms with Gasteiger partial charge in [-0.2, -0.15) is 0 Å². The molecule has 1 unspecified atom stereocenters. The van der Waals surface area contributed by atoms with E-state index in [1.807, 2.05) is 48.6 Å². The van der Waals surface area contributed by atoms with E-state index in [1.165, 1.54) is 7.11 Å². The van der Waals surface area contributed by atoms with Crippen LogP contribution in [0, 0.1) is 11.3 Å². The second-order valence-corrected chi connectivity index (χ2v) is 6.41. The number of methoxy groups -OCH3 is 1. The SMILES string of the molecule is COC(=O)[C@]12C3=N[C@@H](c4ccc(Cl)cc4)[C@H]1COC2C=CC=C3. The summed E-state index contributed by atoms with van der Waals surface area (Å²) < 4.78 is 11.1. The number of hydrogen-bond donors (Lipinski definition) is 0. The van der Waals surface area contributed by atoms with Gasteiger partial charge in [-0.25, -0.2) is 0 Å². The Morgan fingerprint density at radius 3 is 2.87 bits per heavy atom. The third kappa shape index (κ3) is 1.95. The molecular weight excluding hydrogens is 314 g/mol. The van der Waals surface area contributed by atoms with Crippen LogP contribution in [-0.2, 0) is 14.3 Å². The van der Waals surface area contributed by atoms with E-state index in [1.54, 1.807) is 0 Å². The minimum Gasteiger partial charge on any atom is -0.468 e. The van der Waals surface area contributed by atoms with Gasteiger partial charge in [0.1, 0.15) is 5.41 Å². The fourth-order valence-electron chi connectivity index (χ4n) is 3.91. The Hall–Kier alpha value is -1.91. The van der Waals surface area contributed by atoms with Crippen molar-refractivity contribution in [1.29, 1.82) is 0 Å². The van der Waals surface area contributed by atoms with Crippen LogP contribution in [0.3, 0.4) is 0 Å². The molecule has 1 saturated heterocycles. The van der Waals surface area contributed by atoms with E-state index in [0.29, 0.717) is 11.6 Å². The first-order valence-electron chi connectivity index (χ1n) is 7.56. The summed E-state index contributed by atoms with van der Waals surface area (Å²) in [6.45, 7) is 0.470. The molecule has 0 amide bonds. The van der Waals surface area contributed by atoms with E-state index in [-0.39, 0.29) is 24.0 Å². The zero-order chi connectivity index (χ0) is 16.0. The highest BCUT2D eigenvalue weighted by Gasteiger charge is 2.65. The molecule has 1 aromatic carbocycles. The molecule has 1 aliphatic carbocycles. The summed E-state index contributed by atoms with van der Waals surface area (Å²) in [5.74, 6) is -0.361. The van der Waals surface area contributed by atoms with E-state index in [2.05, 4.69) is 0 Å². The second kappa shape index (κ2) is 5.32. The number of halogens is 1. The van der Waals surface area contributed by atoms with Crippen LogP contribution in [0.25, 0.3) is 0 Å². The van der Waals surface area contributed by atoms with Gasteiger partial charge in [-0.1, -0.05) is 42.0 Å². The second-order valence-electron chi connectivity index (χ2n) is 5.98. The van der Waals surface area contributed by atoms with Crippen LogP contribution >= 0.6 is 11.6 Å². The molecule has 23 heavy (non-hydrogen) atoms. The van der Waals surface area contributed by atoms with E-state index in [0.717, 1.165) is 11.3 Å². The highest BCUT2D eigenvalue weighted by molar-refractivity contribution is 6.30. The van der Waals surface area contributed by atoms with Crippen LogP contribution in [-0.4, -0.2) is 31.5 Å². The molecule has 118 valence electrons. The number of hydrogen-bond acceptors (Lipinski definition) is 4. The van der Waals surface area contributed by atoms with Gasteiger partial charge in [0.05, 0.1) is 31.6 Å². The summed E-state index contributed by atoms with van der Waals surface area (Å²) in [5.41, 5.74) is 0.911. The monoisotopic (exact) mass is 329 g/mol. The number of aliphatic imine (C=N–C) groups is 1. The predicted molar refractivity (Wildman–Crippen MR) is 87.6 cm³/mol. The summed E-state index contributed by atoms with van der Waals surface area (Å²) in [6, 6.07) is 7.47. The van der Waals surface area contributed by atoms with Gasteiger partial charge >= 0.3 is 5.97 Å². The molecule has 2 aliphatic heterocycles. The number of carbonyl (C=O) groups excluding carboxylic acids is 1. The van der Waals surface area contributed by atoms with Gasteiger partial charge in [0.25, 0.3) is 0 Å². The smallest absolute Gasteiger partial charge is 0.321 e. The molecule has 0 radical (unpaired) electrons. The third-order valence-corrected chi connectivity index (χ3v) is 5.21. The minimum atomic E-state index is -0.859. The molecule has 4 nitrogen and oxygen atoms in total. The molecule has 0 N–H and O–H groups in total. The van der Waals surface area contributed by atoms with Gasteiger partial charge < -0.3 is 9.47 Å². The molecule has 2 heterocycles. The molecule has 0 bridgehead atoms. The van der Waals surface area contributed by atoms with Crippen LogP contribution < -0.4 is 0 Å². The van der Waals surface area contributed by atoms with Crippen LogP contribution in [0.15, 0.2) is 53.6 Å². The Kier molecular flexibility index (Phi) is 3.39. The van der Waals surface area contributed by atoms with Gasteiger partial charge in [-0.3, -0.25) is 9.79 Å². The first kappa shape index (κ1) is 14.7. The van der Waals surface area contributed by atoms with Crippen LogP contribution in [0.5, 0.6) is 0 Å². The Morgan fingerprint density at radius 1 is 1.35 bits per heavy atom. The molecule has 3 aliphatic rings. The van der Waals surface area contributed by atoms with Crippen molar-refractivity contribution >= 4 is 23.3 Å². The lowest BCUT2D eigenvalue weighted by Crippen LogP contribution is -2.47. The Balaban J connectivity index is 1.85. The molecular formula is C18H16ClNO3. The van der Waals surface area contributed by atoms with Crippen molar-refractivity contribution in [3.05, 3.63) is 59.2 Å². The number of carbonyl (C=O) groups is 1. The summed E-state index contributed by atoms with van der Waals surface area (Å²) in [5, 5.41) is 0.680. The lowest BCUT2D eigenvalue weighted by molar-refractivity contribution is -0.151. The molecule has 0 aromatic heterocycles.